The summed E-state index contributed by atoms with van der Waals surface area (Å²) in [6.45, 7) is 0. The van der Waals surface area contributed by atoms with E-state index in [0.717, 1.165) is 88.4 Å². The highest BCUT2D eigenvalue weighted by molar-refractivity contribution is 6.14. The minimum Gasteiger partial charge on any atom is -0.456 e. The van der Waals surface area contributed by atoms with Crippen molar-refractivity contribution in [2.24, 2.45) is 0 Å². The third-order valence-corrected chi connectivity index (χ3v) is 11.2. The van der Waals surface area contributed by atoms with E-state index in [2.05, 4.69) is 48.5 Å². The van der Waals surface area contributed by atoms with Crippen LogP contribution in [0.15, 0.2) is 203 Å². The van der Waals surface area contributed by atoms with Gasteiger partial charge in [0.2, 0.25) is 0 Å². The zero-order valence-electron chi connectivity index (χ0n) is 33.0. The average molecular weight is 797 g/mol. The molecule has 0 aliphatic heterocycles. The van der Waals surface area contributed by atoms with Crippen LogP contribution < -0.4 is 0 Å². The molecular formula is C54H32N6O2. The molecule has 0 bridgehead atoms. The molecule has 0 unspecified atom stereocenters. The summed E-state index contributed by atoms with van der Waals surface area (Å²) in [5.41, 5.74) is 10.2. The Morgan fingerprint density at radius 3 is 1.27 bits per heavy atom. The average Bonchev–Trinajstić information content (AvgIpc) is 3.93. The van der Waals surface area contributed by atoms with Gasteiger partial charge in [0, 0.05) is 49.4 Å². The molecule has 0 saturated carbocycles. The van der Waals surface area contributed by atoms with Crippen LogP contribution >= 0.6 is 0 Å². The van der Waals surface area contributed by atoms with E-state index >= 15 is 0 Å². The number of benzene rings is 8. The standard InChI is InChI=1S/C54H32N6O2/c1-4-15-34(16-5-1)49-55-50(35-17-6-2-7-18-35)57-52(56-49)37-29-27-33(28-30-37)43-31-38(32-46-47(43)41-22-11-13-26-45(41)61-46)53-58-51(36-19-8-3-9-20-36)59-54(60-53)42-24-14-23-40-39-21-10-12-25-44(39)62-48(40)42/h1-32H. The van der Waals surface area contributed by atoms with Gasteiger partial charge in [-0.3, -0.25) is 0 Å². The summed E-state index contributed by atoms with van der Waals surface area (Å²) >= 11 is 0. The monoisotopic (exact) mass is 796 g/mol. The summed E-state index contributed by atoms with van der Waals surface area (Å²) in [5, 5.41) is 4.06. The normalized spacial score (nSPS) is 11.5. The van der Waals surface area contributed by atoms with Crippen molar-refractivity contribution in [3.63, 3.8) is 0 Å². The van der Waals surface area contributed by atoms with E-state index in [1.807, 2.05) is 146 Å². The van der Waals surface area contributed by atoms with Gasteiger partial charge in [0.05, 0.1) is 5.56 Å². The molecule has 8 nitrogen and oxygen atoms in total. The molecule has 0 fully saturated rings. The number of rotatable bonds is 7. The zero-order chi connectivity index (χ0) is 41.0. The molecule has 0 saturated heterocycles. The lowest BCUT2D eigenvalue weighted by atomic mass is 9.96. The quantitative estimate of drug-likeness (QED) is 0.157. The third-order valence-electron chi connectivity index (χ3n) is 11.2. The Kier molecular flexibility index (Phi) is 8.31. The van der Waals surface area contributed by atoms with Crippen molar-refractivity contribution in [1.29, 1.82) is 0 Å². The molecule has 0 amide bonds. The van der Waals surface area contributed by atoms with Crippen LogP contribution in [0.3, 0.4) is 0 Å². The topological polar surface area (TPSA) is 104 Å². The van der Waals surface area contributed by atoms with Crippen LogP contribution in [0.2, 0.25) is 0 Å². The number of hydrogen-bond donors (Lipinski definition) is 0. The van der Waals surface area contributed by atoms with Gasteiger partial charge in [-0.25, -0.2) is 29.9 Å². The first kappa shape index (κ1) is 35.3. The summed E-state index contributed by atoms with van der Waals surface area (Å²) < 4.78 is 13.1. The predicted octanol–water partition coefficient (Wildman–Crippen LogP) is 13.5. The first-order chi connectivity index (χ1) is 30.7. The van der Waals surface area contributed by atoms with Gasteiger partial charge in [-0.05, 0) is 41.5 Å². The number of furan rings is 2. The Morgan fingerprint density at radius 1 is 0.258 bits per heavy atom. The minimum absolute atomic E-state index is 0.509. The van der Waals surface area contributed by atoms with Gasteiger partial charge in [0.15, 0.2) is 34.9 Å². The van der Waals surface area contributed by atoms with Gasteiger partial charge in [0.25, 0.3) is 0 Å². The number of hydrogen-bond acceptors (Lipinski definition) is 8. The van der Waals surface area contributed by atoms with Crippen LogP contribution in [0.4, 0.5) is 0 Å². The Morgan fingerprint density at radius 2 is 0.694 bits per heavy atom. The summed E-state index contributed by atoms with van der Waals surface area (Å²) in [6.07, 6.45) is 0. The van der Waals surface area contributed by atoms with E-state index in [0.29, 0.717) is 34.9 Å². The van der Waals surface area contributed by atoms with Gasteiger partial charge in [-0.2, -0.15) is 0 Å². The third kappa shape index (κ3) is 6.17. The fraction of sp³-hybridized carbons (Fsp3) is 0. The van der Waals surface area contributed by atoms with E-state index in [1.54, 1.807) is 0 Å². The van der Waals surface area contributed by atoms with Gasteiger partial charge in [-0.1, -0.05) is 164 Å². The van der Waals surface area contributed by atoms with Crippen molar-refractivity contribution < 1.29 is 8.83 Å². The van der Waals surface area contributed by atoms with Crippen LogP contribution in [-0.2, 0) is 0 Å². The van der Waals surface area contributed by atoms with Crippen molar-refractivity contribution in [3.05, 3.63) is 194 Å². The molecule has 0 aliphatic carbocycles. The van der Waals surface area contributed by atoms with Crippen molar-refractivity contribution in [3.8, 4) is 79.5 Å². The fourth-order valence-electron chi connectivity index (χ4n) is 8.21. The lowest BCUT2D eigenvalue weighted by Crippen LogP contribution is -2.00. The van der Waals surface area contributed by atoms with Crippen LogP contribution in [0.5, 0.6) is 0 Å². The summed E-state index contributed by atoms with van der Waals surface area (Å²) in [4.78, 5) is 30.2. The SMILES string of the molecule is c1ccc(-c2nc(-c3ccccc3)nc(-c3ccc(-c4cc(-c5nc(-c6ccccc6)nc(-c6cccc7c6oc6ccccc67)n5)cc5oc6ccccc6c45)cc3)n2)cc1. The maximum atomic E-state index is 6.59. The lowest BCUT2D eigenvalue weighted by molar-refractivity contribution is 0.668. The second kappa shape index (κ2) is 14.6. The van der Waals surface area contributed by atoms with Crippen molar-refractivity contribution >= 4 is 43.9 Å². The first-order valence-electron chi connectivity index (χ1n) is 20.4. The molecule has 0 aliphatic rings. The molecule has 8 heteroatoms. The van der Waals surface area contributed by atoms with E-state index in [1.165, 1.54) is 0 Å². The molecule has 8 aromatic carbocycles. The predicted molar refractivity (Wildman–Crippen MR) is 246 cm³/mol. The highest BCUT2D eigenvalue weighted by Gasteiger charge is 2.21. The van der Waals surface area contributed by atoms with Crippen LogP contribution in [0, 0.1) is 0 Å². The van der Waals surface area contributed by atoms with Crippen LogP contribution in [0.25, 0.3) is 123 Å². The summed E-state index contributed by atoms with van der Waals surface area (Å²) in [5.74, 6) is 3.38. The highest BCUT2D eigenvalue weighted by Crippen LogP contribution is 2.41. The van der Waals surface area contributed by atoms with E-state index in [-0.39, 0.29) is 0 Å². The molecule has 12 aromatic rings. The molecule has 0 radical (unpaired) electrons. The zero-order valence-corrected chi connectivity index (χ0v) is 33.0. The maximum absolute atomic E-state index is 6.59. The first-order valence-corrected chi connectivity index (χ1v) is 20.4. The molecular weight excluding hydrogens is 765 g/mol. The number of fused-ring (bicyclic) bond motifs is 6. The van der Waals surface area contributed by atoms with Crippen molar-refractivity contribution in [1.82, 2.24) is 29.9 Å². The summed E-state index contributed by atoms with van der Waals surface area (Å²) in [7, 11) is 0. The second-order valence-electron chi connectivity index (χ2n) is 15.1. The Balaban J connectivity index is 1.03. The smallest absolute Gasteiger partial charge is 0.167 e. The molecule has 0 spiro atoms. The van der Waals surface area contributed by atoms with Gasteiger partial charge in [0.1, 0.15) is 22.3 Å². The minimum atomic E-state index is 0.509. The summed E-state index contributed by atoms with van der Waals surface area (Å²) in [6, 6.07) is 64.8. The Bertz CT molecular complexity index is 3570. The fourth-order valence-corrected chi connectivity index (χ4v) is 8.21. The molecule has 62 heavy (non-hydrogen) atoms. The van der Waals surface area contributed by atoms with Crippen LogP contribution in [-0.4, -0.2) is 29.9 Å². The molecule has 0 atom stereocenters. The van der Waals surface area contributed by atoms with E-state index in [4.69, 9.17) is 38.7 Å². The molecule has 4 aromatic heterocycles. The van der Waals surface area contributed by atoms with Crippen molar-refractivity contribution in [2.75, 3.05) is 0 Å². The lowest BCUT2D eigenvalue weighted by Gasteiger charge is -2.12. The Labute approximate surface area is 354 Å². The van der Waals surface area contributed by atoms with E-state index < -0.39 is 0 Å². The van der Waals surface area contributed by atoms with Gasteiger partial charge >= 0.3 is 0 Å². The number of nitrogens with zero attached hydrogens (tertiary/aromatic N) is 6. The number of para-hydroxylation sites is 3. The molecule has 290 valence electrons. The van der Waals surface area contributed by atoms with Gasteiger partial charge < -0.3 is 8.83 Å². The second-order valence-corrected chi connectivity index (χ2v) is 15.1. The highest BCUT2D eigenvalue weighted by atomic mass is 16.3. The van der Waals surface area contributed by atoms with Gasteiger partial charge in [-0.15, -0.1) is 0 Å². The van der Waals surface area contributed by atoms with Crippen LogP contribution in [0.1, 0.15) is 0 Å². The molecule has 4 heterocycles. The largest absolute Gasteiger partial charge is 0.456 e. The molecule has 12 rings (SSSR count). The van der Waals surface area contributed by atoms with Crippen molar-refractivity contribution in [2.45, 2.75) is 0 Å². The van der Waals surface area contributed by atoms with E-state index in [9.17, 15) is 0 Å². The maximum Gasteiger partial charge on any atom is 0.167 e. The Hall–Kier alpha value is -8.62. The number of aromatic nitrogens is 6. The molecule has 0 N–H and O–H groups in total.